The van der Waals surface area contributed by atoms with Gasteiger partial charge in [0.1, 0.15) is 5.75 Å². The Morgan fingerprint density at radius 3 is 2.86 bits per heavy atom. The van der Waals surface area contributed by atoms with Crippen LogP contribution < -0.4 is 10.5 Å². The van der Waals surface area contributed by atoms with Gasteiger partial charge in [-0.15, -0.1) is 0 Å². The largest absolute Gasteiger partial charge is 0.496 e. The summed E-state index contributed by atoms with van der Waals surface area (Å²) in [6.45, 7) is 0.412. The van der Waals surface area contributed by atoms with E-state index < -0.39 is 6.10 Å². The van der Waals surface area contributed by atoms with Crippen LogP contribution in [0.25, 0.3) is 0 Å². The molecule has 0 aromatic heterocycles. The van der Waals surface area contributed by atoms with Gasteiger partial charge in [-0.1, -0.05) is 17.7 Å². The first-order chi connectivity index (χ1) is 6.70. The zero-order valence-electron chi connectivity index (χ0n) is 8.03. The summed E-state index contributed by atoms with van der Waals surface area (Å²) in [5.41, 5.74) is 5.98. The topological polar surface area (TPSA) is 55.5 Å². The van der Waals surface area contributed by atoms with Crippen molar-refractivity contribution < 1.29 is 9.84 Å². The van der Waals surface area contributed by atoms with E-state index in [0.29, 0.717) is 29.3 Å². The van der Waals surface area contributed by atoms with E-state index in [2.05, 4.69) is 0 Å². The van der Waals surface area contributed by atoms with Crippen molar-refractivity contribution in [1.82, 2.24) is 0 Å². The van der Waals surface area contributed by atoms with Crippen LogP contribution in [0.1, 0.15) is 18.1 Å². The first-order valence-electron chi connectivity index (χ1n) is 4.41. The number of hydrogen-bond acceptors (Lipinski definition) is 3. The maximum Gasteiger partial charge on any atom is 0.126 e. The number of rotatable bonds is 4. The van der Waals surface area contributed by atoms with E-state index in [-0.39, 0.29) is 0 Å². The minimum Gasteiger partial charge on any atom is -0.496 e. The van der Waals surface area contributed by atoms with Gasteiger partial charge in [-0.25, -0.2) is 0 Å². The monoisotopic (exact) mass is 215 g/mol. The molecule has 0 saturated carbocycles. The van der Waals surface area contributed by atoms with Crippen LogP contribution in [0, 0.1) is 0 Å². The molecule has 4 heteroatoms. The van der Waals surface area contributed by atoms with Crippen LogP contribution in [0.5, 0.6) is 5.75 Å². The highest BCUT2D eigenvalue weighted by atomic mass is 35.5. The molecule has 0 fully saturated rings. The molecule has 0 bridgehead atoms. The molecule has 14 heavy (non-hydrogen) atoms. The van der Waals surface area contributed by atoms with Crippen molar-refractivity contribution in [3.05, 3.63) is 28.8 Å². The lowest BCUT2D eigenvalue weighted by molar-refractivity contribution is 0.166. The standard InChI is InChI=1S/C10H14ClNO2/c1-14-9-4-2-3-7(11)10(9)8(13)5-6-12/h2-4,8,13H,5-6,12H2,1H3/t8-/m0/s1. The smallest absolute Gasteiger partial charge is 0.126 e. The third-order valence-electron chi connectivity index (χ3n) is 2.01. The number of nitrogens with two attached hydrogens (primary N) is 1. The van der Waals surface area contributed by atoms with Crippen LogP contribution in [-0.4, -0.2) is 18.8 Å². The Labute approximate surface area is 88.4 Å². The lowest BCUT2D eigenvalue weighted by atomic mass is 10.1. The Balaban J connectivity index is 3.03. The third-order valence-corrected chi connectivity index (χ3v) is 2.34. The molecule has 1 aromatic carbocycles. The molecule has 0 aliphatic rings. The summed E-state index contributed by atoms with van der Waals surface area (Å²) in [7, 11) is 1.55. The number of benzene rings is 1. The molecule has 1 aromatic rings. The van der Waals surface area contributed by atoms with Crippen molar-refractivity contribution in [1.29, 1.82) is 0 Å². The summed E-state index contributed by atoms with van der Waals surface area (Å²) in [6.07, 6.45) is -0.191. The third kappa shape index (κ3) is 2.38. The number of ether oxygens (including phenoxy) is 1. The number of methoxy groups -OCH3 is 1. The second-order valence-corrected chi connectivity index (χ2v) is 3.36. The fraction of sp³-hybridized carbons (Fsp3) is 0.400. The zero-order valence-corrected chi connectivity index (χ0v) is 8.79. The van der Waals surface area contributed by atoms with Crippen molar-refractivity contribution in [3.63, 3.8) is 0 Å². The number of halogens is 1. The van der Waals surface area contributed by atoms with E-state index in [9.17, 15) is 5.11 Å². The highest BCUT2D eigenvalue weighted by Gasteiger charge is 2.15. The highest BCUT2D eigenvalue weighted by Crippen LogP contribution is 2.33. The fourth-order valence-electron chi connectivity index (χ4n) is 1.32. The minimum atomic E-state index is -0.663. The molecule has 1 atom stereocenters. The predicted octanol–water partition coefficient (Wildman–Crippen LogP) is 1.73. The SMILES string of the molecule is COc1cccc(Cl)c1[C@@H](O)CCN. The molecule has 3 N–H and O–H groups in total. The summed E-state index contributed by atoms with van der Waals surface area (Å²) in [6, 6.07) is 5.26. The van der Waals surface area contributed by atoms with Crippen LogP contribution in [0.3, 0.4) is 0 Å². The van der Waals surface area contributed by atoms with E-state index in [1.165, 1.54) is 0 Å². The molecule has 0 aliphatic heterocycles. The quantitative estimate of drug-likeness (QED) is 0.805. The first kappa shape index (κ1) is 11.3. The molecule has 0 aliphatic carbocycles. The van der Waals surface area contributed by atoms with Crippen molar-refractivity contribution in [2.24, 2.45) is 5.73 Å². The lowest BCUT2D eigenvalue weighted by Crippen LogP contribution is -2.08. The molecule has 3 nitrogen and oxygen atoms in total. The number of aliphatic hydroxyl groups is 1. The summed E-state index contributed by atoms with van der Waals surface area (Å²) in [5, 5.41) is 10.3. The second kappa shape index (κ2) is 5.20. The second-order valence-electron chi connectivity index (χ2n) is 2.95. The Bertz CT molecular complexity index is 304. The van der Waals surface area contributed by atoms with Crippen molar-refractivity contribution >= 4 is 11.6 Å². The van der Waals surface area contributed by atoms with Gasteiger partial charge in [-0.05, 0) is 25.1 Å². The van der Waals surface area contributed by atoms with Crippen molar-refractivity contribution in [2.45, 2.75) is 12.5 Å². The molecular formula is C10H14ClNO2. The van der Waals surface area contributed by atoms with Gasteiger partial charge in [-0.3, -0.25) is 0 Å². The average Bonchev–Trinajstić information content (AvgIpc) is 2.17. The summed E-state index contributed by atoms with van der Waals surface area (Å²) in [4.78, 5) is 0. The number of hydrogen-bond donors (Lipinski definition) is 2. The van der Waals surface area contributed by atoms with E-state index >= 15 is 0 Å². The maximum atomic E-state index is 9.77. The minimum absolute atomic E-state index is 0.412. The van der Waals surface area contributed by atoms with E-state index in [1.807, 2.05) is 0 Å². The Morgan fingerprint density at radius 1 is 1.57 bits per heavy atom. The van der Waals surface area contributed by atoms with Gasteiger partial charge in [0, 0.05) is 5.56 Å². The Morgan fingerprint density at radius 2 is 2.29 bits per heavy atom. The van der Waals surface area contributed by atoms with Gasteiger partial charge in [0.15, 0.2) is 0 Å². The molecule has 0 radical (unpaired) electrons. The van der Waals surface area contributed by atoms with Gasteiger partial charge in [0.2, 0.25) is 0 Å². The molecule has 78 valence electrons. The van der Waals surface area contributed by atoms with E-state index in [0.717, 1.165) is 0 Å². The summed E-state index contributed by atoms with van der Waals surface area (Å²) in [5.74, 6) is 0.596. The van der Waals surface area contributed by atoms with Gasteiger partial charge >= 0.3 is 0 Å². The van der Waals surface area contributed by atoms with Crippen molar-refractivity contribution in [3.8, 4) is 5.75 Å². The molecule has 0 spiro atoms. The van der Waals surface area contributed by atoms with Crippen molar-refractivity contribution in [2.75, 3.05) is 13.7 Å². The highest BCUT2D eigenvalue weighted by molar-refractivity contribution is 6.31. The molecule has 0 saturated heterocycles. The Kier molecular flexibility index (Phi) is 4.20. The van der Waals surface area contributed by atoms with Gasteiger partial charge in [0.05, 0.1) is 18.2 Å². The lowest BCUT2D eigenvalue weighted by Gasteiger charge is -2.15. The molecule has 1 rings (SSSR count). The number of aliphatic hydroxyl groups excluding tert-OH is 1. The van der Waals surface area contributed by atoms with E-state index in [1.54, 1.807) is 25.3 Å². The molecule has 0 amide bonds. The summed E-state index contributed by atoms with van der Waals surface area (Å²) >= 11 is 5.96. The van der Waals surface area contributed by atoms with Crippen LogP contribution in [-0.2, 0) is 0 Å². The first-order valence-corrected chi connectivity index (χ1v) is 4.79. The molecular weight excluding hydrogens is 202 g/mol. The maximum absolute atomic E-state index is 9.77. The van der Waals surface area contributed by atoms with Gasteiger partial charge in [0.25, 0.3) is 0 Å². The predicted molar refractivity (Wildman–Crippen MR) is 56.6 cm³/mol. The molecule has 0 unspecified atom stereocenters. The van der Waals surface area contributed by atoms with Gasteiger partial charge < -0.3 is 15.6 Å². The van der Waals surface area contributed by atoms with Crippen LogP contribution in [0.2, 0.25) is 5.02 Å². The van der Waals surface area contributed by atoms with Gasteiger partial charge in [-0.2, -0.15) is 0 Å². The Hall–Kier alpha value is -0.770. The zero-order chi connectivity index (χ0) is 10.6. The normalized spacial score (nSPS) is 12.6. The van der Waals surface area contributed by atoms with Crippen LogP contribution in [0.15, 0.2) is 18.2 Å². The average molecular weight is 216 g/mol. The summed E-state index contributed by atoms with van der Waals surface area (Å²) < 4.78 is 5.11. The molecule has 0 heterocycles. The van der Waals surface area contributed by atoms with Crippen LogP contribution in [0.4, 0.5) is 0 Å². The van der Waals surface area contributed by atoms with Crippen LogP contribution >= 0.6 is 11.6 Å². The van der Waals surface area contributed by atoms with E-state index in [4.69, 9.17) is 22.1 Å². The fourth-order valence-corrected chi connectivity index (χ4v) is 1.61.